The van der Waals surface area contributed by atoms with Crippen molar-refractivity contribution in [3.63, 3.8) is 0 Å². The molecule has 1 heterocycles. The van der Waals surface area contributed by atoms with Crippen molar-refractivity contribution in [1.29, 1.82) is 0 Å². The fraction of sp³-hybridized carbons (Fsp3) is 0.538. The summed E-state index contributed by atoms with van der Waals surface area (Å²) in [5.41, 5.74) is 3.28. The van der Waals surface area contributed by atoms with Gasteiger partial charge in [-0.15, -0.1) is 11.6 Å². The van der Waals surface area contributed by atoms with Crippen LogP contribution in [0.25, 0.3) is 0 Å². The van der Waals surface area contributed by atoms with Gasteiger partial charge in [0.2, 0.25) is 0 Å². The number of piperidine rings is 1. The Hall–Kier alpha value is -1.40. The van der Waals surface area contributed by atoms with Gasteiger partial charge in [0.15, 0.2) is 0 Å². The largest absolute Gasteiger partial charge is 0.342 e. The quantitative estimate of drug-likeness (QED) is 0.381. The minimum absolute atomic E-state index is 0.0108. The first-order valence-corrected chi connectivity index (χ1v) is 13.4. The Balaban J connectivity index is 1.99. The molecule has 2 aromatic carbocycles. The Labute approximate surface area is 199 Å². The van der Waals surface area contributed by atoms with Crippen LogP contribution < -0.4 is 0 Å². The highest BCUT2D eigenvalue weighted by atomic mass is 35.5. The van der Waals surface area contributed by atoms with E-state index in [9.17, 15) is 8.42 Å². The lowest BCUT2D eigenvalue weighted by Crippen LogP contribution is -2.60. The first kappa shape index (κ1) is 25.2. The molecule has 1 fully saturated rings. The molecule has 1 aliphatic heterocycles. The Morgan fingerprint density at radius 1 is 1.00 bits per heavy atom. The number of aryl methyl sites for hydroxylation is 2. The third-order valence-corrected chi connectivity index (χ3v) is 8.70. The van der Waals surface area contributed by atoms with E-state index in [2.05, 4.69) is 52.0 Å². The third-order valence-electron chi connectivity index (χ3n) is 6.71. The van der Waals surface area contributed by atoms with Gasteiger partial charge in [0.25, 0.3) is 0 Å². The first-order chi connectivity index (χ1) is 14.9. The Kier molecular flexibility index (Phi) is 7.45. The number of hydroxylamine groups is 3. The third kappa shape index (κ3) is 5.56. The van der Waals surface area contributed by atoms with Gasteiger partial charge in [-0.25, -0.2) is 0 Å². The number of alkyl halides is 1. The highest BCUT2D eigenvalue weighted by molar-refractivity contribution is 7.86. The maximum Gasteiger partial charge on any atom is 0.342 e. The number of rotatable bonds is 6. The van der Waals surface area contributed by atoms with E-state index in [1.165, 1.54) is 5.56 Å². The summed E-state index contributed by atoms with van der Waals surface area (Å²) in [4.78, 5) is 0.209. The number of halogens is 1. The van der Waals surface area contributed by atoms with E-state index in [0.717, 1.165) is 24.0 Å². The molecule has 3 rings (SSSR count). The van der Waals surface area contributed by atoms with Crippen molar-refractivity contribution in [2.75, 3.05) is 20.1 Å². The van der Waals surface area contributed by atoms with Crippen LogP contribution in [0.2, 0.25) is 0 Å². The van der Waals surface area contributed by atoms with E-state index >= 15 is 0 Å². The van der Waals surface area contributed by atoms with Crippen LogP contribution in [0.4, 0.5) is 0 Å². The maximum absolute atomic E-state index is 13.3. The van der Waals surface area contributed by atoms with Crippen LogP contribution in [0.15, 0.2) is 53.4 Å². The second-order valence-corrected chi connectivity index (χ2v) is 12.3. The normalized spacial score (nSPS) is 26.8. The molecule has 0 N–H and O–H groups in total. The van der Waals surface area contributed by atoms with Crippen molar-refractivity contribution in [2.45, 2.75) is 63.7 Å². The zero-order valence-corrected chi connectivity index (χ0v) is 21.7. The zero-order chi connectivity index (χ0) is 23.7. The molecule has 0 saturated carbocycles. The average molecular weight is 479 g/mol. The van der Waals surface area contributed by atoms with Gasteiger partial charge in [0.1, 0.15) is 20.1 Å². The summed E-state index contributed by atoms with van der Waals surface area (Å²) in [5, 5.41) is -0.108. The molecular formula is C26H37ClNO3S+. The topological polar surface area (TPSA) is 43.4 Å². The van der Waals surface area contributed by atoms with Gasteiger partial charge in [0, 0.05) is 5.92 Å². The van der Waals surface area contributed by atoms with Gasteiger partial charge >= 0.3 is 10.1 Å². The predicted octanol–water partition coefficient (Wildman–Crippen LogP) is 5.95. The molecule has 0 radical (unpaired) electrons. The standard InChI is InChI=1S/C26H37ClNO3S/c1-7-19-11-9-13-21(15-19)23-17-28(6,18-24(25(23)27)26(3,4)5)31-32(29,30)22-14-10-12-20(8-2)16-22/h9-16,23-25H,7-8,17-18H2,1-6H3/q+1. The highest BCUT2D eigenvalue weighted by Gasteiger charge is 2.51. The number of benzene rings is 2. The van der Waals surface area contributed by atoms with E-state index < -0.39 is 10.1 Å². The monoisotopic (exact) mass is 478 g/mol. The van der Waals surface area contributed by atoms with E-state index in [4.69, 9.17) is 15.9 Å². The minimum Gasteiger partial charge on any atom is -0.189 e. The molecular weight excluding hydrogens is 442 g/mol. The molecule has 0 aromatic heterocycles. The summed E-state index contributed by atoms with van der Waals surface area (Å²) in [6.07, 6.45) is 1.71. The lowest BCUT2D eigenvalue weighted by atomic mass is 9.71. The number of quaternary nitrogens is 1. The van der Waals surface area contributed by atoms with Crippen molar-refractivity contribution in [3.8, 4) is 0 Å². The fourth-order valence-electron chi connectivity index (χ4n) is 4.73. The number of hydrogen-bond donors (Lipinski definition) is 0. The molecule has 2 aromatic rings. The predicted molar refractivity (Wildman–Crippen MR) is 131 cm³/mol. The molecule has 0 amide bonds. The van der Waals surface area contributed by atoms with Gasteiger partial charge in [-0.05, 0) is 47.1 Å². The molecule has 176 valence electrons. The van der Waals surface area contributed by atoms with Crippen LogP contribution in [-0.4, -0.2) is 38.6 Å². The van der Waals surface area contributed by atoms with E-state index in [1.807, 2.05) is 20.0 Å². The van der Waals surface area contributed by atoms with Crippen molar-refractivity contribution in [2.24, 2.45) is 11.3 Å². The molecule has 4 unspecified atom stereocenters. The van der Waals surface area contributed by atoms with Crippen molar-refractivity contribution in [1.82, 2.24) is 0 Å². The van der Waals surface area contributed by atoms with Gasteiger partial charge < -0.3 is 0 Å². The van der Waals surface area contributed by atoms with Crippen LogP contribution >= 0.6 is 11.6 Å². The molecule has 0 aliphatic carbocycles. The smallest absolute Gasteiger partial charge is 0.189 e. The molecule has 6 heteroatoms. The van der Waals surface area contributed by atoms with Crippen LogP contribution in [0.5, 0.6) is 0 Å². The summed E-state index contributed by atoms with van der Waals surface area (Å²) in [5.74, 6) is 0.0682. The first-order valence-electron chi connectivity index (χ1n) is 11.5. The minimum atomic E-state index is -3.93. The van der Waals surface area contributed by atoms with E-state index in [0.29, 0.717) is 13.1 Å². The maximum atomic E-state index is 13.3. The average Bonchev–Trinajstić information content (AvgIpc) is 2.74. The summed E-state index contributed by atoms with van der Waals surface area (Å²) >= 11 is 7.10. The van der Waals surface area contributed by atoms with Crippen LogP contribution in [-0.2, 0) is 27.2 Å². The van der Waals surface area contributed by atoms with Crippen molar-refractivity contribution >= 4 is 21.7 Å². The molecule has 1 aliphatic rings. The molecule has 32 heavy (non-hydrogen) atoms. The molecule has 4 atom stereocenters. The Bertz CT molecular complexity index is 1050. The molecule has 1 saturated heterocycles. The lowest BCUT2D eigenvalue weighted by molar-refractivity contribution is -1.07. The van der Waals surface area contributed by atoms with Gasteiger partial charge in [-0.1, -0.05) is 75.3 Å². The Morgan fingerprint density at radius 2 is 1.59 bits per heavy atom. The fourth-order valence-corrected chi connectivity index (χ4v) is 6.64. The second-order valence-electron chi connectivity index (χ2n) is 10.3. The lowest BCUT2D eigenvalue weighted by Gasteiger charge is -2.48. The number of nitrogens with zero attached hydrogens (tertiary/aromatic N) is 1. The summed E-state index contributed by atoms with van der Waals surface area (Å²) in [6, 6.07) is 15.5. The van der Waals surface area contributed by atoms with E-state index in [1.54, 1.807) is 18.2 Å². The van der Waals surface area contributed by atoms with Gasteiger partial charge in [-0.2, -0.15) is 13.1 Å². The van der Waals surface area contributed by atoms with Gasteiger partial charge in [-0.3, -0.25) is 0 Å². The highest BCUT2D eigenvalue weighted by Crippen LogP contribution is 2.45. The van der Waals surface area contributed by atoms with E-state index in [-0.39, 0.29) is 32.2 Å². The number of hydrogen-bond acceptors (Lipinski definition) is 3. The Morgan fingerprint density at radius 3 is 2.19 bits per heavy atom. The van der Waals surface area contributed by atoms with Crippen LogP contribution in [0.3, 0.4) is 0 Å². The second kappa shape index (κ2) is 9.46. The number of likely N-dealkylation sites (N-methyl/N-ethyl adjacent to an activating group) is 1. The summed E-state index contributed by atoms with van der Waals surface area (Å²) in [6.45, 7) is 11.7. The van der Waals surface area contributed by atoms with Crippen LogP contribution in [0, 0.1) is 11.3 Å². The molecule has 0 spiro atoms. The van der Waals surface area contributed by atoms with Crippen LogP contribution in [0.1, 0.15) is 57.2 Å². The molecule has 0 bridgehead atoms. The SMILES string of the molecule is CCc1cccc(C2C[N+](C)(OS(=O)(=O)c3cccc(CC)c3)CC(C(C)(C)C)C2Cl)c1. The van der Waals surface area contributed by atoms with Crippen molar-refractivity contribution in [3.05, 3.63) is 65.2 Å². The van der Waals surface area contributed by atoms with Gasteiger partial charge in [0.05, 0.1) is 16.2 Å². The molecule has 4 nitrogen and oxygen atoms in total. The summed E-state index contributed by atoms with van der Waals surface area (Å²) in [7, 11) is -2.05. The summed E-state index contributed by atoms with van der Waals surface area (Å²) < 4.78 is 32.5. The number of likely N-dealkylation sites (tertiary alicyclic amines) is 1. The zero-order valence-electron chi connectivity index (χ0n) is 20.1. The van der Waals surface area contributed by atoms with Crippen molar-refractivity contribution < 1.29 is 17.3 Å².